The lowest BCUT2D eigenvalue weighted by molar-refractivity contribution is -0.143. The molecule has 2 unspecified atom stereocenters. The smallest absolute Gasteiger partial charge is 0.326 e. The summed E-state index contributed by atoms with van der Waals surface area (Å²) in [6, 6.07) is -0.507. The molecule has 0 aliphatic carbocycles. The predicted octanol–water partition coefficient (Wildman–Crippen LogP) is 1.07. The van der Waals surface area contributed by atoms with Crippen LogP contribution in [0, 0.1) is 0 Å². The number of amides is 2. The maximum absolute atomic E-state index is 12.7. The minimum atomic E-state index is -0.874. The Labute approximate surface area is 120 Å². The third-order valence-corrected chi connectivity index (χ3v) is 4.23. The van der Waals surface area contributed by atoms with Gasteiger partial charge in [-0.3, -0.25) is 0 Å². The maximum Gasteiger partial charge on any atom is 0.326 e. The lowest BCUT2D eigenvalue weighted by Gasteiger charge is -2.38. The van der Waals surface area contributed by atoms with E-state index in [0.29, 0.717) is 13.0 Å². The highest BCUT2D eigenvalue weighted by atomic mass is 16.4. The minimum absolute atomic E-state index is 0.0820. The monoisotopic (exact) mass is 283 g/mol. The molecule has 0 radical (unpaired) electrons. The number of nitrogens with zero attached hydrogens (tertiary/aromatic N) is 3. The van der Waals surface area contributed by atoms with Crippen molar-refractivity contribution in [2.75, 3.05) is 33.7 Å². The number of hydrogen-bond acceptors (Lipinski definition) is 3. The molecule has 6 heteroatoms. The fraction of sp³-hybridized carbons (Fsp3) is 0.857. The first-order valence-electron chi connectivity index (χ1n) is 7.45. The van der Waals surface area contributed by atoms with Crippen LogP contribution in [-0.4, -0.2) is 77.6 Å². The van der Waals surface area contributed by atoms with Crippen LogP contribution >= 0.6 is 0 Å². The molecule has 0 saturated carbocycles. The van der Waals surface area contributed by atoms with Crippen LogP contribution in [0.25, 0.3) is 0 Å². The molecule has 0 spiro atoms. The first kappa shape index (κ1) is 15.1. The van der Waals surface area contributed by atoms with Crippen molar-refractivity contribution in [3.63, 3.8) is 0 Å². The molecule has 20 heavy (non-hydrogen) atoms. The summed E-state index contributed by atoms with van der Waals surface area (Å²) in [5.74, 6) is -0.874. The van der Waals surface area contributed by atoms with Gasteiger partial charge in [-0.2, -0.15) is 0 Å². The summed E-state index contributed by atoms with van der Waals surface area (Å²) < 4.78 is 0. The predicted molar refractivity (Wildman–Crippen MR) is 75.7 cm³/mol. The molecule has 2 aliphatic rings. The molecule has 0 aromatic heterocycles. The Bertz CT molecular complexity index is 373. The summed E-state index contributed by atoms with van der Waals surface area (Å²) in [4.78, 5) is 29.5. The van der Waals surface area contributed by atoms with E-state index in [1.54, 1.807) is 4.90 Å². The van der Waals surface area contributed by atoms with Gasteiger partial charge in [0.15, 0.2) is 0 Å². The second kappa shape index (κ2) is 6.43. The first-order chi connectivity index (χ1) is 9.50. The van der Waals surface area contributed by atoms with Crippen LogP contribution in [0.5, 0.6) is 0 Å². The zero-order valence-corrected chi connectivity index (χ0v) is 12.4. The molecule has 2 atom stereocenters. The summed E-state index contributed by atoms with van der Waals surface area (Å²) in [6.45, 7) is 2.17. The molecular formula is C14H25N3O3. The van der Waals surface area contributed by atoms with Crippen LogP contribution in [0.4, 0.5) is 4.79 Å². The van der Waals surface area contributed by atoms with Gasteiger partial charge >= 0.3 is 12.0 Å². The molecule has 114 valence electrons. The molecule has 2 amide bonds. The fourth-order valence-electron chi connectivity index (χ4n) is 3.28. The van der Waals surface area contributed by atoms with E-state index < -0.39 is 12.0 Å². The number of rotatable bonds is 3. The largest absolute Gasteiger partial charge is 0.480 e. The molecule has 2 heterocycles. The Balaban J connectivity index is 2.06. The van der Waals surface area contributed by atoms with Gasteiger partial charge in [0.25, 0.3) is 0 Å². The van der Waals surface area contributed by atoms with Crippen molar-refractivity contribution in [2.45, 2.75) is 44.2 Å². The maximum atomic E-state index is 12.7. The second-order valence-corrected chi connectivity index (χ2v) is 6.08. The van der Waals surface area contributed by atoms with Crippen molar-refractivity contribution in [2.24, 2.45) is 0 Å². The van der Waals surface area contributed by atoms with E-state index in [4.69, 9.17) is 0 Å². The summed E-state index contributed by atoms with van der Waals surface area (Å²) in [5, 5.41) is 9.29. The Kier molecular flexibility index (Phi) is 4.86. The van der Waals surface area contributed by atoms with Crippen molar-refractivity contribution in [3.8, 4) is 0 Å². The number of likely N-dealkylation sites (N-methyl/N-ethyl adjacent to an activating group) is 1. The van der Waals surface area contributed by atoms with E-state index >= 15 is 0 Å². The molecule has 2 fully saturated rings. The Morgan fingerprint density at radius 1 is 1.10 bits per heavy atom. The summed E-state index contributed by atoms with van der Waals surface area (Å²) >= 11 is 0. The first-order valence-corrected chi connectivity index (χ1v) is 7.45. The van der Waals surface area contributed by atoms with Gasteiger partial charge in [0.2, 0.25) is 0 Å². The topological polar surface area (TPSA) is 64.1 Å². The fourth-order valence-corrected chi connectivity index (χ4v) is 3.28. The number of likely N-dealkylation sites (tertiary alicyclic amines) is 2. The highest BCUT2D eigenvalue weighted by molar-refractivity contribution is 5.83. The van der Waals surface area contributed by atoms with Crippen LogP contribution in [0.2, 0.25) is 0 Å². The lowest BCUT2D eigenvalue weighted by atomic mass is 10.0. The molecule has 2 aliphatic heterocycles. The van der Waals surface area contributed by atoms with Crippen molar-refractivity contribution < 1.29 is 14.7 Å². The van der Waals surface area contributed by atoms with Gasteiger partial charge in [0.1, 0.15) is 6.04 Å². The highest BCUT2D eigenvalue weighted by Crippen LogP contribution is 2.24. The lowest BCUT2D eigenvalue weighted by Crippen LogP contribution is -2.55. The van der Waals surface area contributed by atoms with E-state index in [1.807, 2.05) is 19.0 Å². The van der Waals surface area contributed by atoms with Crippen molar-refractivity contribution >= 4 is 12.0 Å². The van der Waals surface area contributed by atoms with Crippen LogP contribution in [0.1, 0.15) is 32.1 Å². The van der Waals surface area contributed by atoms with Crippen LogP contribution in [0.15, 0.2) is 0 Å². The van der Waals surface area contributed by atoms with Crippen LogP contribution in [0.3, 0.4) is 0 Å². The highest BCUT2D eigenvalue weighted by Gasteiger charge is 2.38. The third-order valence-electron chi connectivity index (χ3n) is 4.23. The summed E-state index contributed by atoms with van der Waals surface area (Å²) in [6.07, 6.45) is 4.39. The number of piperidine rings is 1. The Morgan fingerprint density at radius 3 is 2.45 bits per heavy atom. The SMILES string of the molecule is CN(C)CC1CCCN1C(=O)N1CCCCC1C(=O)O. The normalized spacial score (nSPS) is 27.1. The van der Waals surface area contributed by atoms with Gasteiger partial charge in [-0.15, -0.1) is 0 Å². The van der Waals surface area contributed by atoms with Crippen LogP contribution in [-0.2, 0) is 4.79 Å². The second-order valence-electron chi connectivity index (χ2n) is 6.08. The number of carbonyl (C=O) groups excluding carboxylic acids is 1. The zero-order chi connectivity index (χ0) is 14.7. The molecular weight excluding hydrogens is 258 g/mol. The Morgan fingerprint density at radius 2 is 1.80 bits per heavy atom. The van der Waals surface area contributed by atoms with Gasteiger partial charge in [0, 0.05) is 25.7 Å². The van der Waals surface area contributed by atoms with E-state index in [-0.39, 0.29) is 12.1 Å². The zero-order valence-electron chi connectivity index (χ0n) is 12.4. The van der Waals surface area contributed by atoms with Gasteiger partial charge in [-0.05, 0) is 46.2 Å². The summed E-state index contributed by atoms with van der Waals surface area (Å²) in [5.41, 5.74) is 0. The van der Waals surface area contributed by atoms with E-state index in [1.165, 1.54) is 0 Å². The number of hydrogen-bond donors (Lipinski definition) is 1. The average molecular weight is 283 g/mol. The quantitative estimate of drug-likeness (QED) is 0.841. The van der Waals surface area contributed by atoms with Crippen molar-refractivity contribution in [1.82, 2.24) is 14.7 Å². The number of carboxylic acid groups (broad SMARTS) is 1. The van der Waals surface area contributed by atoms with Gasteiger partial charge in [0.05, 0.1) is 0 Å². The van der Waals surface area contributed by atoms with E-state index in [0.717, 1.165) is 38.8 Å². The molecule has 0 aromatic carbocycles. The number of urea groups is 1. The molecule has 2 saturated heterocycles. The van der Waals surface area contributed by atoms with E-state index in [9.17, 15) is 14.7 Å². The molecule has 0 aromatic rings. The molecule has 1 N–H and O–H groups in total. The van der Waals surface area contributed by atoms with Gasteiger partial charge in [-0.1, -0.05) is 0 Å². The van der Waals surface area contributed by atoms with Gasteiger partial charge < -0.3 is 19.8 Å². The van der Waals surface area contributed by atoms with Crippen LogP contribution < -0.4 is 0 Å². The number of carboxylic acids is 1. The molecule has 0 bridgehead atoms. The van der Waals surface area contributed by atoms with E-state index in [2.05, 4.69) is 4.90 Å². The molecule has 6 nitrogen and oxygen atoms in total. The molecule has 2 rings (SSSR count). The Hall–Kier alpha value is -1.30. The van der Waals surface area contributed by atoms with Crippen molar-refractivity contribution in [3.05, 3.63) is 0 Å². The number of carbonyl (C=O) groups is 2. The minimum Gasteiger partial charge on any atom is -0.480 e. The standard InChI is InChI=1S/C14H25N3O3/c1-15(2)10-11-6-5-9-16(11)14(20)17-8-4-3-7-12(17)13(18)19/h11-12H,3-10H2,1-2H3,(H,18,19). The summed E-state index contributed by atoms with van der Waals surface area (Å²) in [7, 11) is 4.00. The number of aliphatic carboxylic acids is 1. The third kappa shape index (κ3) is 3.23. The van der Waals surface area contributed by atoms with Gasteiger partial charge in [-0.25, -0.2) is 9.59 Å². The average Bonchev–Trinajstić information content (AvgIpc) is 2.85. The van der Waals surface area contributed by atoms with Crippen molar-refractivity contribution in [1.29, 1.82) is 0 Å².